The second kappa shape index (κ2) is 13.3. The predicted octanol–water partition coefficient (Wildman–Crippen LogP) is -6.03. The van der Waals surface area contributed by atoms with Crippen molar-refractivity contribution < 1.29 is 128 Å². The first-order chi connectivity index (χ1) is 9.75. The van der Waals surface area contributed by atoms with Crippen LogP contribution in [-0.2, 0) is 105 Å². The predicted molar refractivity (Wildman–Crippen MR) is 58.2 cm³/mol. The summed E-state index contributed by atoms with van der Waals surface area (Å²) in [6.07, 6.45) is 0. The van der Waals surface area contributed by atoms with Gasteiger partial charge in [0, 0.05) is 0 Å². The Balaban J connectivity index is -0.0000000580. The van der Waals surface area contributed by atoms with Crippen molar-refractivity contribution >= 4 is 54.9 Å². The van der Waals surface area contributed by atoms with E-state index in [1.807, 2.05) is 0 Å². The van der Waals surface area contributed by atoms with Crippen LogP contribution in [0, 0.1) is 0 Å². The fraction of sp³-hybridized carbons (Fsp3) is 0. The molecule has 0 aliphatic rings. The first-order valence-corrected chi connectivity index (χ1v) is 13.5. The van der Waals surface area contributed by atoms with Gasteiger partial charge in [0.2, 0.25) is 0 Å². The van der Waals surface area contributed by atoms with Gasteiger partial charge in [0.15, 0.2) is 54.9 Å². The second-order valence-corrected chi connectivity index (χ2v) is 14.7. The summed E-state index contributed by atoms with van der Waals surface area (Å²) in [6, 6.07) is 0. The Hall–Kier alpha value is 0.979. The molecule has 0 fully saturated rings. The Labute approximate surface area is 181 Å². The van der Waals surface area contributed by atoms with Crippen LogP contribution in [0.2, 0.25) is 0 Å². The van der Waals surface area contributed by atoms with Crippen molar-refractivity contribution in [2.24, 2.45) is 0 Å². The molecule has 27 heavy (non-hydrogen) atoms. The third-order valence-corrected chi connectivity index (χ3v) is 6.75. The minimum absolute atomic E-state index is 0. The van der Waals surface area contributed by atoms with Crippen molar-refractivity contribution in [2.75, 3.05) is 0 Å². The van der Waals surface area contributed by atoms with Crippen molar-refractivity contribution in [3.8, 4) is 0 Å². The van der Waals surface area contributed by atoms with Crippen LogP contribution >= 0.6 is 0 Å². The van der Waals surface area contributed by atoms with Crippen molar-refractivity contribution in [1.82, 2.24) is 0 Å². The summed E-state index contributed by atoms with van der Waals surface area (Å²) in [5.74, 6) is 0. The van der Waals surface area contributed by atoms with Crippen molar-refractivity contribution in [2.45, 2.75) is 0 Å². The van der Waals surface area contributed by atoms with E-state index in [4.69, 9.17) is 0 Å². The molecule has 0 saturated heterocycles. The van der Waals surface area contributed by atoms with Gasteiger partial charge in [-0.15, -0.1) is 0 Å². The first kappa shape index (κ1) is 42.2. The summed E-state index contributed by atoms with van der Waals surface area (Å²) in [7, 11) is -34.0. The Morgan fingerprint density at radius 2 is 0.370 bits per heavy atom. The van der Waals surface area contributed by atoms with Gasteiger partial charge in [0.25, 0.3) is 0 Å². The van der Waals surface area contributed by atoms with E-state index in [9.17, 15) is 77.8 Å². The fourth-order valence-electron chi connectivity index (χ4n) is 0. The van der Waals surface area contributed by atoms with E-state index in [0.29, 0.717) is 0 Å². The molecule has 0 atom stereocenters. The standard InChI is InChI=1S/Co.Mn.Ni.3H2O6S2/c;;;3*1-7(2,3)8(4,5)6/h;;;3*(H,1,2,3)(H,4,5,6)/q3*+2;;;/p-6. The average Bonchev–Trinajstić information content (AvgIpc) is 2.08. The van der Waals surface area contributed by atoms with Crippen LogP contribution in [0.4, 0.5) is 0 Å². The van der Waals surface area contributed by atoms with E-state index in [2.05, 4.69) is 0 Å². The monoisotopic (exact) mass is 652 g/mol. The van der Waals surface area contributed by atoms with Gasteiger partial charge in [-0.1, -0.05) is 0 Å². The molecule has 0 aliphatic heterocycles. The molecule has 0 spiro atoms. The Morgan fingerprint density at radius 1 is 0.333 bits per heavy atom. The molecule has 0 aromatic heterocycles. The van der Waals surface area contributed by atoms with Gasteiger partial charge in [-0.25, -0.2) is 50.5 Å². The van der Waals surface area contributed by atoms with Gasteiger partial charge in [0.1, 0.15) is 0 Å². The number of hydrogen-bond acceptors (Lipinski definition) is 18. The van der Waals surface area contributed by atoms with Crippen LogP contribution in [0.1, 0.15) is 0 Å². The molecule has 0 aliphatic carbocycles. The molecule has 0 rings (SSSR count). The molecule has 2 radical (unpaired) electrons. The van der Waals surface area contributed by atoms with Crippen molar-refractivity contribution in [1.29, 1.82) is 0 Å². The second-order valence-electron chi connectivity index (χ2n) is 2.45. The van der Waals surface area contributed by atoms with Crippen molar-refractivity contribution in [3.63, 3.8) is 0 Å². The summed E-state index contributed by atoms with van der Waals surface area (Å²) < 4.78 is 166. The van der Waals surface area contributed by atoms with Gasteiger partial charge in [-0.2, -0.15) is 0 Å². The molecule has 0 amide bonds. The molecule has 0 unspecified atom stereocenters. The largest absolute Gasteiger partial charge is 2.00 e. The molecule has 170 valence electrons. The molecular weight excluding hydrogens is 653 g/mol. The molecule has 27 heteroatoms. The minimum atomic E-state index is -5.67. The minimum Gasteiger partial charge on any atom is -0.736 e. The SMILES string of the molecule is O=S(=O)([O-])S(=O)(=O)[O-].O=S(=O)([O-])S(=O)(=O)[O-].O=S(=O)([O-])S(=O)(=O)[O-].[Co+2].[Mn+2].[Ni+2]. The maximum atomic E-state index is 9.20. The molecule has 0 N–H and O–H groups in total. The summed E-state index contributed by atoms with van der Waals surface area (Å²) in [6.45, 7) is 0. The summed E-state index contributed by atoms with van der Waals surface area (Å²) >= 11 is 0. The molecule has 0 bridgehead atoms. The van der Waals surface area contributed by atoms with Crippen LogP contribution in [0.3, 0.4) is 0 Å². The molecule has 0 aromatic carbocycles. The van der Waals surface area contributed by atoms with Crippen molar-refractivity contribution in [3.05, 3.63) is 0 Å². The normalized spacial score (nSPS) is 12.2. The molecule has 0 heterocycles. The van der Waals surface area contributed by atoms with E-state index in [0.717, 1.165) is 0 Å². The third kappa shape index (κ3) is 21.5. The summed E-state index contributed by atoms with van der Waals surface area (Å²) in [5, 5.41) is 0. The van der Waals surface area contributed by atoms with Gasteiger partial charge < -0.3 is 27.3 Å². The Kier molecular flexibility index (Phi) is 20.8. The zero-order chi connectivity index (χ0) is 21.0. The quantitative estimate of drug-likeness (QED) is 0.155. The smallest absolute Gasteiger partial charge is 0.736 e. The van der Waals surface area contributed by atoms with Gasteiger partial charge in [-0.05, 0) is 0 Å². The Bertz CT molecular complexity index is 818. The van der Waals surface area contributed by atoms with Crippen LogP contribution in [0.5, 0.6) is 0 Å². The summed E-state index contributed by atoms with van der Waals surface area (Å²) in [4.78, 5) is 0. The van der Waals surface area contributed by atoms with E-state index < -0.39 is 54.9 Å². The fourth-order valence-corrected chi connectivity index (χ4v) is 0. The molecule has 18 nitrogen and oxygen atoms in total. The van der Waals surface area contributed by atoms with E-state index in [1.165, 1.54) is 0 Å². The van der Waals surface area contributed by atoms with E-state index in [1.54, 1.807) is 0 Å². The van der Waals surface area contributed by atoms with Gasteiger partial charge in [-0.3, -0.25) is 0 Å². The number of hydrogen-bond donors (Lipinski definition) is 0. The Morgan fingerprint density at radius 3 is 0.370 bits per heavy atom. The zero-order valence-electron chi connectivity index (χ0n) is 10.8. The first-order valence-electron chi connectivity index (χ1n) is 3.50. The van der Waals surface area contributed by atoms with Gasteiger partial charge >= 0.3 is 50.3 Å². The van der Waals surface area contributed by atoms with E-state index >= 15 is 0 Å². The third-order valence-electron chi connectivity index (χ3n) is 0.750. The maximum absolute atomic E-state index is 9.20. The topological polar surface area (TPSA) is 343 Å². The van der Waals surface area contributed by atoms with Gasteiger partial charge in [0.05, 0.1) is 0 Å². The number of rotatable bonds is 3. The van der Waals surface area contributed by atoms with E-state index in [-0.39, 0.29) is 50.3 Å². The molecular formula is CoMnNiO18S6. The average molecular weight is 653 g/mol. The van der Waals surface area contributed by atoms with Crippen LogP contribution in [-0.4, -0.2) is 77.8 Å². The van der Waals surface area contributed by atoms with Crippen LogP contribution < -0.4 is 0 Å². The molecule has 0 saturated carbocycles. The summed E-state index contributed by atoms with van der Waals surface area (Å²) in [5.41, 5.74) is 0. The zero-order valence-corrected chi connectivity index (χ0v) is 18.9. The van der Waals surface area contributed by atoms with Crippen LogP contribution in [0.15, 0.2) is 0 Å². The van der Waals surface area contributed by atoms with Crippen LogP contribution in [0.25, 0.3) is 0 Å². The molecule has 0 aromatic rings. The maximum Gasteiger partial charge on any atom is 2.00 e.